The molecule has 0 bridgehead atoms. The third kappa shape index (κ3) is 3.85. The van der Waals surface area contributed by atoms with E-state index in [4.69, 9.17) is 9.84 Å². The molecule has 0 saturated carbocycles. The Balaban J connectivity index is 2.11. The van der Waals surface area contributed by atoms with Crippen LogP contribution in [0.3, 0.4) is 0 Å². The first-order valence-corrected chi connectivity index (χ1v) is 8.65. The highest BCUT2D eigenvalue weighted by molar-refractivity contribution is 7.91. The highest BCUT2D eigenvalue weighted by Gasteiger charge is 2.38. The fourth-order valence-electron chi connectivity index (χ4n) is 2.71. The van der Waals surface area contributed by atoms with Gasteiger partial charge in [-0.2, -0.15) is 0 Å². The quantitative estimate of drug-likeness (QED) is 0.742. The molecule has 2 aliphatic heterocycles. The SMILES string of the molecule is CN(C(=O)N(CC(=O)O)C1CCS(=O)(=O)C1)C1CCOC1. The van der Waals surface area contributed by atoms with Crippen molar-refractivity contribution in [3.63, 3.8) is 0 Å². The average molecular weight is 320 g/mol. The molecule has 2 amide bonds. The van der Waals surface area contributed by atoms with Gasteiger partial charge in [-0.05, 0) is 12.8 Å². The number of likely N-dealkylation sites (N-methyl/N-ethyl adjacent to an activating group) is 1. The summed E-state index contributed by atoms with van der Waals surface area (Å²) in [6.45, 7) is 0.502. The molecule has 2 rings (SSSR count). The summed E-state index contributed by atoms with van der Waals surface area (Å²) in [4.78, 5) is 26.1. The molecule has 0 aromatic rings. The Bertz CT molecular complexity index is 514. The molecule has 0 radical (unpaired) electrons. The number of aliphatic carboxylic acids is 1. The summed E-state index contributed by atoms with van der Waals surface area (Å²) in [5, 5.41) is 8.98. The summed E-state index contributed by atoms with van der Waals surface area (Å²) in [5.74, 6) is -1.32. The van der Waals surface area contributed by atoms with E-state index < -0.39 is 34.4 Å². The molecule has 2 heterocycles. The van der Waals surface area contributed by atoms with Gasteiger partial charge in [0.15, 0.2) is 9.84 Å². The van der Waals surface area contributed by atoms with Gasteiger partial charge in [0.05, 0.1) is 24.2 Å². The van der Waals surface area contributed by atoms with Gasteiger partial charge in [-0.1, -0.05) is 0 Å². The molecule has 2 aliphatic rings. The van der Waals surface area contributed by atoms with Crippen molar-refractivity contribution < 1.29 is 27.9 Å². The van der Waals surface area contributed by atoms with Crippen molar-refractivity contribution in [1.82, 2.24) is 9.80 Å². The van der Waals surface area contributed by atoms with Crippen LogP contribution in [-0.2, 0) is 19.4 Å². The zero-order valence-electron chi connectivity index (χ0n) is 11.9. The number of hydrogen-bond acceptors (Lipinski definition) is 5. The number of carbonyl (C=O) groups is 2. The number of amides is 2. The maximum absolute atomic E-state index is 12.5. The lowest BCUT2D eigenvalue weighted by atomic mass is 10.2. The van der Waals surface area contributed by atoms with Gasteiger partial charge in [0.2, 0.25) is 0 Å². The first-order chi connectivity index (χ1) is 9.80. The van der Waals surface area contributed by atoms with Crippen molar-refractivity contribution in [2.45, 2.75) is 24.9 Å². The summed E-state index contributed by atoms with van der Waals surface area (Å²) >= 11 is 0. The molecular weight excluding hydrogens is 300 g/mol. The minimum absolute atomic E-state index is 0.00266. The smallest absolute Gasteiger partial charge is 0.323 e. The van der Waals surface area contributed by atoms with Crippen LogP contribution < -0.4 is 0 Å². The second-order valence-corrected chi connectivity index (χ2v) is 7.72. The topological polar surface area (TPSA) is 104 Å². The highest BCUT2D eigenvalue weighted by atomic mass is 32.2. The van der Waals surface area contributed by atoms with Crippen molar-refractivity contribution in [3.8, 4) is 0 Å². The Hall–Kier alpha value is -1.35. The second-order valence-electron chi connectivity index (χ2n) is 5.49. The molecule has 0 aromatic heterocycles. The van der Waals surface area contributed by atoms with Crippen LogP contribution >= 0.6 is 0 Å². The molecule has 1 N–H and O–H groups in total. The standard InChI is InChI=1S/C12H20N2O6S/c1-13(9-2-4-20-7-9)12(17)14(6-11(15)16)10-3-5-21(18,19)8-10/h9-10H,2-8H2,1H3,(H,15,16). The van der Waals surface area contributed by atoms with E-state index in [1.54, 1.807) is 7.05 Å². The third-order valence-corrected chi connectivity index (χ3v) is 5.71. The number of carboxylic acid groups (broad SMARTS) is 1. The third-order valence-electron chi connectivity index (χ3n) is 3.96. The van der Waals surface area contributed by atoms with Gasteiger partial charge in [-0.25, -0.2) is 13.2 Å². The monoisotopic (exact) mass is 320 g/mol. The fourth-order valence-corrected chi connectivity index (χ4v) is 4.44. The van der Waals surface area contributed by atoms with Crippen molar-refractivity contribution >= 4 is 21.8 Å². The zero-order valence-corrected chi connectivity index (χ0v) is 12.7. The Morgan fingerprint density at radius 2 is 2.00 bits per heavy atom. The molecule has 9 heteroatoms. The minimum atomic E-state index is -3.18. The Morgan fingerprint density at radius 1 is 1.29 bits per heavy atom. The Kier molecular flexibility index (Phi) is 4.72. The number of nitrogens with zero attached hydrogens (tertiary/aromatic N) is 2. The highest BCUT2D eigenvalue weighted by Crippen LogP contribution is 2.21. The molecule has 0 spiro atoms. The second kappa shape index (κ2) is 6.18. The lowest BCUT2D eigenvalue weighted by Gasteiger charge is -2.33. The van der Waals surface area contributed by atoms with Crippen LogP contribution in [-0.4, -0.2) is 85.7 Å². The lowest BCUT2D eigenvalue weighted by Crippen LogP contribution is -2.52. The maximum Gasteiger partial charge on any atom is 0.323 e. The number of rotatable bonds is 4. The zero-order chi connectivity index (χ0) is 15.6. The Labute approximate surface area is 123 Å². The van der Waals surface area contributed by atoms with Crippen LogP contribution in [0.25, 0.3) is 0 Å². The summed E-state index contributed by atoms with van der Waals surface area (Å²) < 4.78 is 28.3. The number of carboxylic acids is 1. The normalized spacial score (nSPS) is 27.5. The van der Waals surface area contributed by atoms with Gasteiger partial charge in [-0.3, -0.25) is 4.79 Å². The molecule has 0 aliphatic carbocycles. The van der Waals surface area contributed by atoms with Crippen LogP contribution in [0, 0.1) is 0 Å². The lowest BCUT2D eigenvalue weighted by molar-refractivity contribution is -0.138. The molecule has 2 unspecified atom stereocenters. The van der Waals surface area contributed by atoms with Gasteiger partial charge >= 0.3 is 12.0 Å². The average Bonchev–Trinajstić information content (AvgIpc) is 3.03. The van der Waals surface area contributed by atoms with Crippen LogP contribution in [0.2, 0.25) is 0 Å². The fraction of sp³-hybridized carbons (Fsp3) is 0.833. The molecule has 8 nitrogen and oxygen atoms in total. The van der Waals surface area contributed by atoms with E-state index in [1.165, 1.54) is 4.90 Å². The molecule has 0 aromatic carbocycles. The van der Waals surface area contributed by atoms with E-state index in [0.29, 0.717) is 19.6 Å². The van der Waals surface area contributed by atoms with E-state index in [-0.39, 0.29) is 24.0 Å². The molecule has 120 valence electrons. The van der Waals surface area contributed by atoms with Crippen LogP contribution in [0.5, 0.6) is 0 Å². The maximum atomic E-state index is 12.5. The number of hydrogen-bond donors (Lipinski definition) is 1. The van der Waals surface area contributed by atoms with Gasteiger partial charge in [-0.15, -0.1) is 0 Å². The van der Waals surface area contributed by atoms with Crippen molar-refractivity contribution in [3.05, 3.63) is 0 Å². The van der Waals surface area contributed by atoms with E-state index >= 15 is 0 Å². The Morgan fingerprint density at radius 3 is 2.48 bits per heavy atom. The van der Waals surface area contributed by atoms with E-state index in [0.717, 1.165) is 4.90 Å². The van der Waals surface area contributed by atoms with Gasteiger partial charge in [0.1, 0.15) is 6.54 Å². The van der Waals surface area contributed by atoms with Crippen molar-refractivity contribution in [1.29, 1.82) is 0 Å². The van der Waals surface area contributed by atoms with Crippen LogP contribution in [0.4, 0.5) is 4.79 Å². The number of urea groups is 1. The summed E-state index contributed by atoms with van der Waals surface area (Å²) in [5.41, 5.74) is 0. The molecule has 2 atom stereocenters. The number of sulfone groups is 1. The van der Waals surface area contributed by atoms with Gasteiger partial charge in [0.25, 0.3) is 0 Å². The van der Waals surface area contributed by atoms with E-state index in [2.05, 4.69) is 0 Å². The van der Waals surface area contributed by atoms with E-state index in [9.17, 15) is 18.0 Å². The van der Waals surface area contributed by atoms with Gasteiger partial charge in [0, 0.05) is 19.7 Å². The number of ether oxygens (including phenoxy) is 1. The molecular formula is C12H20N2O6S. The molecule has 2 fully saturated rings. The minimum Gasteiger partial charge on any atom is -0.480 e. The van der Waals surface area contributed by atoms with Crippen molar-refractivity contribution in [2.75, 3.05) is 38.3 Å². The number of carbonyl (C=O) groups excluding carboxylic acids is 1. The first kappa shape index (κ1) is 16.0. The molecule has 2 saturated heterocycles. The van der Waals surface area contributed by atoms with Crippen LogP contribution in [0.1, 0.15) is 12.8 Å². The largest absolute Gasteiger partial charge is 0.480 e. The summed E-state index contributed by atoms with van der Waals surface area (Å²) in [7, 11) is -1.59. The van der Waals surface area contributed by atoms with Gasteiger partial charge < -0.3 is 19.6 Å². The van der Waals surface area contributed by atoms with E-state index in [1.807, 2.05) is 0 Å². The predicted molar refractivity (Wildman–Crippen MR) is 73.8 cm³/mol. The van der Waals surface area contributed by atoms with Crippen LogP contribution in [0.15, 0.2) is 0 Å². The van der Waals surface area contributed by atoms with Crippen molar-refractivity contribution in [2.24, 2.45) is 0 Å². The predicted octanol–water partition coefficient (Wildman–Crippen LogP) is -0.599. The first-order valence-electron chi connectivity index (χ1n) is 6.83. The summed E-state index contributed by atoms with van der Waals surface area (Å²) in [6, 6.07) is -1.11. The molecule has 21 heavy (non-hydrogen) atoms. The summed E-state index contributed by atoms with van der Waals surface area (Å²) in [6.07, 6.45) is 0.989.